The minimum absolute atomic E-state index is 0.467. The van der Waals surface area contributed by atoms with Gasteiger partial charge in [-0.25, -0.2) is 4.98 Å². The Morgan fingerprint density at radius 3 is 1.89 bits per heavy atom. The monoisotopic (exact) mass is 390 g/mol. The predicted octanol–water partition coefficient (Wildman–Crippen LogP) is 5.82. The summed E-state index contributed by atoms with van der Waals surface area (Å²) in [6.07, 6.45) is 0. The maximum Gasteiger partial charge on any atom is 0.132 e. The van der Waals surface area contributed by atoms with Gasteiger partial charge in [0.2, 0.25) is 0 Å². The average Bonchev–Trinajstić information content (AvgIpc) is 2.73. The molecule has 4 nitrogen and oxygen atoms in total. The highest BCUT2D eigenvalue weighted by molar-refractivity contribution is 6.31. The summed E-state index contributed by atoms with van der Waals surface area (Å²) in [7, 11) is 3.30. The van der Waals surface area contributed by atoms with Crippen LogP contribution in [-0.4, -0.2) is 19.2 Å². The van der Waals surface area contributed by atoms with Gasteiger partial charge in [-0.1, -0.05) is 23.7 Å². The van der Waals surface area contributed by atoms with Gasteiger partial charge in [0.05, 0.1) is 19.9 Å². The van der Waals surface area contributed by atoms with Gasteiger partial charge in [0, 0.05) is 21.5 Å². The molecule has 0 saturated heterocycles. The number of aromatic nitrogens is 1. The Bertz CT molecular complexity index is 1140. The third kappa shape index (κ3) is 3.23. The standard InChI is InChI=1S/C23H19ClN2O2/c1-27-17-8-3-14(4-9-17)21-20-13-16(24)7-12-19(20)23(25)26-22(21)15-5-10-18(28-2)11-6-15/h3-13H,1-2H3,(H2,25,26). The molecule has 1 heterocycles. The van der Waals surface area contributed by atoms with E-state index in [0.29, 0.717) is 10.8 Å². The van der Waals surface area contributed by atoms with Crippen LogP contribution in [0.1, 0.15) is 0 Å². The lowest BCUT2D eigenvalue weighted by molar-refractivity contribution is 0.414. The Kier molecular flexibility index (Phi) is 4.80. The van der Waals surface area contributed by atoms with E-state index >= 15 is 0 Å². The largest absolute Gasteiger partial charge is 0.497 e. The van der Waals surface area contributed by atoms with Crippen LogP contribution in [0.25, 0.3) is 33.2 Å². The van der Waals surface area contributed by atoms with E-state index in [9.17, 15) is 0 Å². The van der Waals surface area contributed by atoms with Crippen molar-refractivity contribution in [1.82, 2.24) is 4.98 Å². The lowest BCUT2D eigenvalue weighted by atomic mass is 9.93. The first-order valence-electron chi connectivity index (χ1n) is 8.78. The number of nitrogens with two attached hydrogens (primary N) is 1. The molecular weight excluding hydrogens is 372 g/mol. The molecular formula is C23H19ClN2O2. The zero-order chi connectivity index (χ0) is 19.7. The van der Waals surface area contributed by atoms with Crippen LogP contribution in [0.5, 0.6) is 11.5 Å². The molecule has 0 aliphatic heterocycles. The molecule has 0 aliphatic rings. The molecule has 0 spiro atoms. The van der Waals surface area contributed by atoms with Crippen LogP contribution in [0.2, 0.25) is 5.02 Å². The van der Waals surface area contributed by atoms with Crippen molar-refractivity contribution in [2.45, 2.75) is 0 Å². The number of rotatable bonds is 4. The van der Waals surface area contributed by atoms with Gasteiger partial charge < -0.3 is 15.2 Å². The van der Waals surface area contributed by atoms with Gasteiger partial charge in [0.15, 0.2) is 0 Å². The van der Waals surface area contributed by atoms with E-state index in [2.05, 4.69) is 0 Å². The molecule has 4 rings (SSSR count). The lowest BCUT2D eigenvalue weighted by Gasteiger charge is -2.16. The number of methoxy groups -OCH3 is 2. The fourth-order valence-corrected chi connectivity index (χ4v) is 3.49. The van der Waals surface area contributed by atoms with Crippen LogP contribution in [-0.2, 0) is 0 Å². The summed E-state index contributed by atoms with van der Waals surface area (Å²) in [5, 5.41) is 2.47. The highest BCUT2D eigenvalue weighted by Gasteiger charge is 2.17. The second-order valence-electron chi connectivity index (χ2n) is 6.37. The Morgan fingerprint density at radius 1 is 0.750 bits per heavy atom. The van der Waals surface area contributed by atoms with Crippen molar-refractivity contribution in [3.05, 3.63) is 71.8 Å². The molecule has 0 saturated carbocycles. The second kappa shape index (κ2) is 7.41. The highest BCUT2D eigenvalue weighted by atomic mass is 35.5. The van der Waals surface area contributed by atoms with Crippen molar-refractivity contribution < 1.29 is 9.47 Å². The number of pyridine rings is 1. The van der Waals surface area contributed by atoms with E-state index < -0.39 is 0 Å². The molecule has 0 radical (unpaired) electrons. The fraction of sp³-hybridized carbons (Fsp3) is 0.0870. The molecule has 0 aliphatic carbocycles. The van der Waals surface area contributed by atoms with E-state index in [1.165, 1.54) is 0 Å². The average molecular weight is 391 g/mol. The number of nitrogen functional groups attached to an aromatic ring is 1. The number of benzene rings is 3. The van der Waals surface area contributed by atoms with Gasteiger partial charge in [-0.15, -0.1) is 0 Å². The predicted molar refractivity (Wildman–Crippen MR) is 115 cm³/mol. The Balaban J connectivity index is 2.04. The number of anilines is 1. The van der Waals surface area contributed by atoms with Crippen LogP contribution in [0.4, 0.5) is 5.82 Å². The maximum atomic E-state index is 6.32. The number of hydrogen-bond acceptors (Lipinski definition) is 4. The van der Waals surface area contributed by atoms with Gasteiger partial charge >= 0.3 is 0 Å². The van der Waals surface area contributed by atoms with E-state index in [4.69, 9.17) is 31.8 Å². The molecule has 2 N–H and O–H groups in total. The molecule has 1 aromatic heterocycles. The second-order valence-corrected chi connectivity index (χ2v) is 6.80. The first kappa shape index (κ1) is 18.1. The summed E-state index contributed by atoms with van der Waals surface area (Å²) in [6.45, 7) is 0. The summed E-state index contributed by atoms with van der Waals surface area (Å²) < 4.78 is 10.6. The minimum Gasteiger partial charge on any atom is -0.497 e. The van der Waals surface area contributed by atoms with Crippen molar-refractivity contribution in [2.24, 2.45) is 0 Å². The third-order valence-corrected chi connectivity index (χ3v) is 4.97. The topological polar surface area (TPSA) is 57.4 Å². The molecule has 28 heavy (non-hydrogen) atoms. The number of fused-ring (bicyclic) bond motifs is 1. The lowest BCUT2D eigenvalue weighted by Crippen LogP contribution is -1.98. The molecule has 0 atom stereocenters. The summed E-state index contributed by atoms with van der Waals surface area (Å²) in [4.78, 5) is 4.74. The molecule has 0 fully saturated rings. The van der Waals surface area contributed by atoms with Gasteiger partial charge in [0.1, 0.15) is 17.3 Å². The van der Waals surface area contributed by atoms with Crippen LogP contribution < -0.4 is 15.2 Å². The summed E-state index contributed by atoms with van der Waals surface area (Å²) in [5.74, 6) is 2.04. The van der Waals surface area contributed by atoms with Gasteiger partial charge in [0.25, 0.3) is 0 Å². The Morgan fingerprint density at radius 2 is 1.32 bits per heavy atom. The third-order valence-electron chi connectivity index (χ3n) is 4.74. The molecule has 0 amide bonds. The quantitative estimate of drug-likeness (QED) is 0.477. The van der Waals surface area contributed by atoms with Crippen molar-refractivity contribution in [3.63, 3.8) is 0 Å². The zero-order valence-corrected chi connectivity index (χ0v) is 16.3. The Labute approximate surface area is 168 Å². The summed E-state index contributed by atoms with van der Waals surface area (Å²) in [5.41, 5.74) is 10.0. The van der Waals surface area contributed by atoms with Gasteiger partial charge in [-0.2, -0.15) is 0 Å². The van der Waals surface area contributed by atoms with Crippen molar-refractivity contribution >= 4 is 28.2 Å². The van der Waals surface area contributed by atoms with Gasteiger partial charge in [-0.05, 0) is 65.5 Å². The molecule has 5 heteroatoms. The fourth-order valence-electron chi connectivity index (χ4n) is 3.32. The molecule has 0 unspecified atom stereocenters. The van der Waals surface area contributed by atoms with Crippen LogP contribution in [0.15, 0.2) is 66.7 Å². The molecule has 140 valence electrons. The van der Waals surface area contributed by atoms with Crippen LogP contribution in [0, 0.1) is 0 Å². The van der Waals surface area contributed by atoms with Gasteiger partial charge in [-0.3, -0.25) is 0 Å². The van der Waals surface area contributed by atoms with E-state index in [-0.39, 0.29) is 0 Å². The summed E-state index contributed by atoms with van der Waals surface area (Å²) >= 11 is 6.32. The SMILES string of the molecule is COc1ccc(-c2nc(N)c3ccc(Cl)cc3c2-c2ccc(OC)cc2)cc1. The van der Waals surface area contributed by atoms with Crippen LogP contribution >= 0.6 is 11.6 Å². The van der Waals surface area contributed by atoms with Crippen molar-refractivity contribution in [2.75, 3.05) is 20.0 Å². The van der Waals surface area contributed by atoms with Crippen LogP contribution in [0.3, 0.4) is 0 Å². The Hall–Kier alpha value is -3.24. The molecule has 0 bridgehead atoms. The summed E-state index contributed by atoms with van der Waals surface area (Å²) in [6, 6.07) is 21.3. The normalized spacial score (nSPS) is 10.8. The maximum absolute atomic E-state index is 6.32. The number of halogens is 1. The minimum atomic E-state index is 0.467. The van der Waals surface area contributed by atoms with E-state index in [0.717, 1.165) is 44.7 Å². The number of nitrogens with zero attached hydrogens (tertiary/aromatic N) is 1. The first-order valence-corrected chi connectivity index (χ1v) is 9.16. The molecule has 3 aromatic carbocycles. The highest BCUT2D eigenvalue weighted by Crippen LogP contribution is 2.40. The zero-order valence-electron chi connectivity index (χ0n) is 15.6. The molecule has 4 aromatic rings. The number of ether oxygens (including phenoxy) is 2. The first-order chi connectivity index (χ1) is 13.6. The van der Waals surface area contributed by atoms with Crippen molar-refractivity contribution in [1.29, 1.82) is 0 Å². The smallest absolute Gasteiger partial charge is 0.132 e. The number of hydrogen-bond donors (Lipinski definition) is 1. The van der Waals surface area contributed by atoms with E-state index in [1.54, 1.807) is 14.2 Å². The van der Waals surface area contributed by atoms with Crippen molar-refractivity contribution in [3.8, 4) is 33.9 Å². The van der Waals surface area contributed by atoms with E-state index in [1.807, 2.05) is 66.7 Å².